The molecular formula is C14H23NO3S. The highest BCUT2D eigenvalue weighted by atomic mass is 32.2. The van der Waals surface area contributed by atoms with Crippen LogP contribution >= 0.6 is 11.8 Å². The summed E-state index contributed by atoms with van der Waals surface area (Å²) in [5.74, 6) is -0.476. The third kappa shape index (κ3) is 7.93. The Balaban J connectivity index is 2.07. The summed E-state index contributed by atoms with van der Waals surface area (Å²) in [6.07, 6.45) is 8.23. The number of hydrogen-bond donors (Lipinski definition) is 2. The number of carbonyl (C=O) groups excluding carboxylic acids is 1. The van der Waals surface area contributed by atoms with Crippen molar-refractivity contribution in [2.45, 2.75) is 50.7 Å². The Morgan fingerprint density at radius 3 is 2.89 bits per heavy atom. The van der Waals surface area contributed by atoms with Gasteiger partial charge in [-0.2, -0.15) is 0 Å². The van der Waals surface area contributed by atoms with Crippen LogP contribution in [-0.4, -0.2) is 34.5 Å². The van der Waals surface area contributed by atoms with Gasteiger partial charge < -0.3 is 10.4 Å². The van der Waals surface area contributed by atoms with Crippen LogP contribution in [-0.2, 0) is 9.59 Å². The van der Waals surface area contributed by atoms with Gasteiger partial charge in [-0.25, -0.2) is 0 Å². The van der Waals surface area contributed by atoms with Gasteiger partial charge in [0.15, 0.2) is 0 Å². The summed E-state index contributed by atoms with van der Waals surface area (Å²) in [6, 6.07) is 0. The fourth-order valence-electron chi connectivity index (χ4n) is 2.07. The molecule has 0 aliphatic heterocycles. The molecule has 1 aliphatic carbocycles. The highest BCUT2D eigenvalue weighted by molar-refractivity contribution is 8.00. The standard InChI is InChI=1S/C14H23NO3S/c1-11(9-14(17)18)19-10-13(16)15-8-7-12-5-3-2-4-6-12/h5,11H,2-4,6-10H2,1H3,(H,15,16)(H,17,18). The second-order valence-corrected chi connectivity index (χ2v) is 6.35. The summed E-state index contributed by atoms with van der Waals surface area (Å²) in [6.45, 7) is 2.53. The first-order valence-electron chi connectivity index (χ1n) is 6.86. The molecule has 0 saturated carbocycles. The van der Waals surface area contributed by atoms with Crippen LogP contribution in [0.4, 0.5) is 0 Å². The SMILES string of the molecule is CC(CC(=O)O)SCC(=O)NCCC1=CCCCC1. The van der Waals surface area contributed by atoms with E-state index in [2.05, 4.69) is 11.4 Å². The van der Waals surface area contributed by atoms with Crippen molar-refractivity contribution in [3.8, 4) is 0 Å². The van der Waals surface area contributed by atoms with Crippen LogP contribution in [0.5, 0.6) is 0 Å². The summed E-state index contributed by atoms with van der Waals surface area (Å²) in [5.41, 5.74) is 1.46. The number of nitrogens with one attached hydrogen (secondary N) is 1. The van der Waals surface area contributed by atoms with E-state index in [9.17, 15) is 9.59 Å². The van der Waals surface area contributed by atoms with E-state index >= 15 is 0 Å². The van der Waals surface area contributed by atoms with Crippen LogP contribution in [0.2, 0.25) is 0 Å². The van der Waals surface area contributed by atoms with E-state index in [4.69, 9.17) is 5.11 Å². The Kier molecular flexibility index (Phi) is 7.63. The minimum atomic E-state index is -0.815. The van der Waals surface area contributed by atoms with Gasteiger partial charge in [-0.3, -0.25) is 9.59 Å². The number of allylic oxidation sites excluding steroid dienone is 1. The fourth-order valence-corrected chi connectivity index (χ4v) is 2.87. The Labute approximate surface area is 119 Å². The first kappa shape index (κ1) is 16.1. The Bertz CT molecular complexity index is 342. The maximum atomic E-state index is 11.6. The minimum absolute atomic E-state index is 0.00125. The monoisotopic (exact) mass is 285 g/mol. The van der Waals surface area contributed by atoms with E-state index in [0.29, 0.717) is 12.3 Å². The number of carboxylic acids is 1. The van der Waals surface area contributed by atoms with Gasteiger partial charge in [0, 0.05) is 11.8 Å². The van der Waals surface area contributed by atoms with Gasteiger partial charge >= 0.3 is 5.97 Å². The topological polar surface area (TPSA) is 66.4 Å². The van der Waals surface area contributed by atoms with Crippen molar-refractivity contribution in [2.75, 3.05) is 12.3 Å². The van der Waals surface area contributed by atoms with Crippen LogP contribution in [0, 0.1) is 0 Å². The summed E-state index contributed by atoms with van der Waals surface area (Å²) >= 11 is 1.39. The van der Waals surface area contributed by atoms with E-state index < -0.39 is 5.97 Å². The number of hydrogen-bond acceptors (Lipinski definition) is 3. The van der Waals surface area contributed by atoms with Gasteiger partial charge in [-0.15, -0.1) is 11.8 Å². The molecule has 5 heteroatoms. The predicted molar refractivity (Wildman–Crippen MR) is 78.4 cm³/mol. The average molecular weight is 285 g/mol. The first-order valence-corrected chi connectivity index (χ1v) is 7.91. The van der Waals surface area contributed by atoms with Crippen molar-refractivity contribution in [3.05, 3.63) is 11.6 Å². The number of carboxylic acid groups (broad SMARTS) is 1. The molecule has 4 nitrogen and oxygen atoms in total. The zero-order valence-electron chi connectivity index (χ0n) is 11.5. The van der Waals surface area contributed by atoms with Gasteiger partial charge in [0.05, 0.1) is 12.2 Å². The summed E-state index contributed by atoms with van der Waals surface area (Å²) < 4.78 is 0. The van der Waals surface area contributed by atoms with E-state index in [-0.39, 0.29) is 17.6 Å². The van der Waals surface area contributed by atoms with Crippen LogP contribution in [0.15, 0.2) is 11.6 Å². The summed E-state index contributed by atoms with van der Waals surface area (Å²) in [5, 5.41) is 11.5. The van der Waals surface area contributed by atoms with Gasteiger partial charge in [-0.1, -0.05) is 18.6 Å². The quantitative estimate of drug-likeness (QED) is 0.673. The normalized spacial score (nSPS) is 16.6. The Morgan fingerprint density at radius 2 is 2.26 bits per heavy atom. The third-order valence-electron chi connectivity index (χ3n) is 3.11. The van der Waals surface area contributed by atoms with Crippen LogP contribution in [0.1, 0.15) is 45.4 Å². The second kappa shape index (κ2) is 9.02. The lowest BCUT2D eigenvalue weighted by Crippen LogP contribution is -2.27. The molecule has 0 bridgehead atoms. The Morgan fingerprint density at radius 1 is 1.47 bits per heavy atom. The van der Waals surface area contributed by atoms with Crippen molar-refractivity contribution in [2.24, 2.45) is 0 Å². The zero-order valence-corrected chi connectivity index (χ0v) is 12.3. The van der Waals surface area contributed by atoms with Gasteiger partial charge in [0.1, 0.15) is 0 Å². The molecule has 2 N–H and O–H groups in total. The molecular weight excluding hydrogens is 262 g/mol. The molecule has 0 radical (unpaired) electrons. The van der Waals surface area contributed by atoms with E-state index in [1.165, 1.54) is 43.0 Å². The molecule has 1 atom stereocenters. The molecule has 0 aromatic rings. The van der Waals surface area contributed by atoms with E-state index in [1.807, 2.05) is 6.92 Å². The molecule has 1 rings (SSSR count). The number of carbonyl (C=O) groups is 2. The van der Waals surface area contributed by atoms with Crippen molar-refractivity contribution in [1.29, 1.82) is 0 Å². The maximum absolute atomic E-state index is 11.6. The molecule has 1 aliphatic rings. The van der Waals surface area contributed by atoms with E-state index in [0.717, 1.165) is 6.42 Å². The van der Waals surface area contributed by atoms with Crippen LogP contribution < -0.4 is 5.32 Å². The lowest BCUT2D eigenvalue weighted by molar-refractivity contribution is -0.136. The average Bonchev–Trinajstić information content (AvgIpc) is 2.37. The fraction of sp³-hybridized carbons (Fsp3) is 0.714. The molecule has 19 heavy (non-hydrogen) atoms. The number of rotatable bonds is 8. The highest BCUT2D eigenvalue weighted by Crippen LogP contribution is 2.19. The number of aliphatic carboxylic acids is 1. The zero-order chi connectivity index (χ0) is 14.1. The minimum Gasteiger partial charge on any atom is -0.481 e. The number of thioether (sulfide) groups is 1. The molecule has 108 valence electrons. The highest BCUT2D eigenvalue weighted by Gasteiger charge is 2.10. The van der Waals surface area contributed by atoms with Gasteiger partial charge in [0.2, 0.25) is 5.91 Å². The van der Waals surface area contributed by atoms with Crippen molar-refractivity contribution in [3.63, 3.8) is 0 Å². The van der Waals surface area contributed by atoms with Crippen molar-refractivity contribution in [1.82, 2.24) is 5.32 Å². The molecule has 1 unspecified atom stereocenters. The van der Waals surface area contributed by atoms with Crippen LogP contribution in [0.3, 0.4) is 0 Å². The third-order valence-corrected chi connectivity index (χ3v) is 4.28. The summed E-state index contributed by atoms with van der Waals surface area (Å²) in [7, 11) is 0. The van der Waals surface area contributed by atoms with Gasteiger partial charge in [-0.05, 0) is 32.1 Å². The smallest absolute Gasteiger partial charge is 0.304 e. The van der Waals surface area contributed by atoms with Crippen molar-refractivity contribution >= 4 is 23.6 Å². The van der Waals surface area contributed by atoms with Crippen LogP contribution in [0.25, 0.3) is 0 Å². The second-order valence-electron chi connectivity index (χ2n) is 4.93. The molecule has 0 aromatic carbocycles. The largest absolute Gasteiger partial charge is 0.481 e. The summed E-state index contributed by atoms with van der Waals surface area (Å²) in [4.78, 5) is 22.1. The molecule has 0 fully saturated rings. The first-order chi connectivity index (χ1) is 9.08. The lowest BCUT2D eigenvalue weighted by atomic mass is 9.97. The molecule has 0 aromatic heterocycles. The lowest BCUT2D eigenvalue weighted by Gasteiger charge is -2.13. The predicted octanol–water partition coefficient (Wildman–Crippen LogP) is 2.59. The van der Waals surface area contributed by atoms with Crippen molar-refractivity contribution < 1.29 is 14.7 Å². The van der Waals surface area contributed by atoms with Gasteiger partial charge in [0.25, 0.3) is 0 Å². The number of amides is 1. The Hall–Kier alpha value is -0.970. The molecule has 0 saturated heterocycles. The molecule has 1 amide bonds. The maximum Gasteiger partial charge on any atom is 0.304 e. The molecule has 0 heterocycles. The van der Waals surface area contributed by atoms with E-state index in [1.54, 1.807) is 0 Å². The molecule has 0 spiro atoms.